The first-order valence-corrected chi connectivity index (χ1v) is 10.1. The van der Waals surface area contributed by atoms with Crippen LogP contribution in [0.2, 0.25) is 0 Å². The smallest absolute Gasteiger partial charge is 0.422 e. The van der Waals surface area contributed by atoms with E-state index in [1.807, 2.05) is 12.2 Å². The normalized spacial score (nSPS) is 20.2. The van der Waals surface area contributed by atoms with Gasteiger partial charge in [-0.2, -0.15) is 13.2 Å². The van der Waals surface area contributed by atoms with Crippen molar-refractivity contribution in [3.05, 3.63) is 60.3 Å². The molecule has 0 spiro atoms. The molecular weight excluding hydrogens is 441 g/mol. The van der Waals surface area contributed by atoms with E-state index in [1.165, 1.54) is 30.5 Å². The molecule has 1 aliphatic heterocycles. The predicted molar refractivity (Wildman–Crippen MR) is 111 cm³/mol. The lowest BCUT2D eigenvalue weighted by molar-refractivity contribution is -0.154. The summed E-state index contributed by atoms with van der Waals surface area (Å²) in [4.78, 5) is 41.7. The fourth-order valence-corrected chi connectivity index (χ4v) is 3.67. The molecule has 172 valence electrons. The van der Waals surface area contributed by atoms with Crippen LogP contribution in [0.4, 0.5) is 24.5 Å². The minimum Gasteiger partial charge on any atom is -0.468 e. The number of rotatable bonds is 5. The van der Waals surface area contributed by atoms with Crippen molar-refractivity contribution in [1.29, 1.82) is 0 Å². The summed E-state index contributed by atoms with van der Waals surface area (Å²) in [5.41, 5.74) is 3.38. The molecule has 2 atom stereocenters. The number of ether oxygens (including phenoxy) is 1. The van der Waals surface area contributed by atoms with Crippen LogP contribution in [-0.2, 0) is 9.59 Å². The molecule has 8 nitrogen and oxygen atoms in total. The summed E-state index contributed by atoms with van der Waals surface area (Å²) in [6.07, 6.45) is 1.43. The number of anilines is 2. The third kappa shape index (κ3) is 5.13. The quantitative estimate of drug-likeness (QED) is 0.668. The van der Waals surface area contributed by atoms with E-state index < -0.39 is 30.5 Å². The Morgan fingerprint density at radius 1 is 1.15 bits per heavy atom. The summed E-state index contributed by atoms with van der Waals surface area (Å²) < 4.78 is 41.2. The monoisotopic (exact) mass is 460 g/mol. The average Bonchev–Trinajstić information content (AvgIpc) is 2.80. The van der Waals surface area contributed by atoms with E-state index in [1.54, 1.807) is 12.1 Å². The van der Waals surface area contributed by atoms with Crippen molar-refractivity contribution >= 4 is 29.1 Å². The highest BCUT2D eigenvalue weighted by molar-refractivity contribution is 6.07. The maximum absolute atomic E-state index is 12.9. The van der Waals surface area contributed by atoms with Crippen molar-refractivity contribution < 1.29 is 32.3 Å². The number of hydrazine groups is 1. The van der Waals surface area contributed by atoms with Crippen LogP contribution in [0.3, 0.4) is 0 Å². The topological polar surface area (TPSA) is 101 Å². The summed E-state index contributed by atoms with van der Waals surface area (Å²) in [5.74, 6) is -2.12. The molecule has 3 amide bonds. The SMILES string of the molecule is O=C(Nc1ccc(OCC(F)(F)F)nc1)c1cccc(N2NC(=O)C3CC=CCC3C2=O)c1. The van der Waals surface area contributed by atoms with Crippen LogP contribution in [-0.4, -0.2) is 35.5 Å². The number of halogens is 3. The first-order valence-electron chi connectivity index (χ1n) is 10.1. The number of allylic oxidation sites excluding steroid dienone is 2. The molecule has 2 heterocycles. The van der Waals surface area contributed by atoms with Crippen LogP contribution in [0.15, 0.2) is 54.7 Å². The largest absolute Gasteiger partial charge is 0.468 e. The molecule has 0 radical (unpaired) electrons. The molecule has 1 fully saturated rings. The lowest BCUT2D eigenvalue weighted by atomic mass is 9.80. The number of aromatic nitrogens is 1. The number of fused-ring (bicyclic) bond motifs is 1. The Labute approximate surface area is 186 Å². The van der Waals surface area contributed by atoms with Crippen LogP contribution >= 0.6 is 0 Å². The first kappa shape index (κ1) is 22.3. The summed E-state index contributed by atoms with van der Waals surface area (Å²) in [6, 6.07) is 8.71. The van der Waals surface area contributed by atoms with Gasteiger partial charge in [0, 0.05) is 11.6 Å². The van der Waals surface area contributed by atoms with Gasteiger partial charge < -0.3 is 10.1 Å². The average molecular weight is 460 g/mol. The van der Waals surface area contributed by atoms with Crippen molar-refractivity contribution in [2.75, 3.05) is 16.9 Å². The Hall–Kier alpha value is -3.89. The molecule has 33 heavy (non-hydrogen) atoms. The lowest BCUT2D eigenvalue weighted by Gasteiger charge is -2.38. The number of nitrogens with zero attached hydrogens (tertiary/aromatic N) is 2. The van der Waals surface area contributed by atoms with Gasteiger partial charge in [-0.1, -0.05) is 18.2 Å². The summed E-state index contributed by atoms with van der Waals surface area (Å²) >= 11 is 0. The van der Waals surface area contributed by atoms with Crippen LogP contribution in [0.1, 0.15) is 23.2 Å². The van der Waals surface area contributed by atoms with E-state index in [0.29, 0.717) is 18.5 Å². The molecular formula is C22H19F3N4O4. The third-order valence-electron chi connectivity index (χ3n) is 5.27. The van der Waals surface area contributed by atoms with Gasteiger partial charge in [-0.05, 0) is 37.1 Å². The van der Waals surface area contributed by atoms with E-state index in [-0.39, 0.29) is 28.9 Å². The Bertz CT molecular complexity index is 1100. The van der Waals surface area contributed by atoms with E-state index in [0.717, 1.165) is 5.01 Å². The van der Waals surface area contributed by atoms with Gasteiger partial charge in [0.05, 0.1) is 29.4 Å². The molecule has 4 rings (SSSR count). The molecule has 0 bridgehead atoms. The summed E-state index contributed by atoms with van der Waals surface area (Å²) in [7, 11) is 0. The molecule has 1 saturated heterocycles. The van der Waals surface area contributed by atoms with E-state index in [4.69, 9.17) is 0 Å². The second-order valence-corrected chi connectivity index (χ2v) is 7.60. The maximum atomic E-state index is 12.9. The Kier molecular flexibility index (Phi) is 6.03. The minimum absolute atomic E-state index is 0.206. The molecule has 2 unspecified atom stereocenters. The van der Waals surface area contributed by atoms with Crippen molar-refractivity contribution in [3.63, 3.8) is 0 Å². The van der Waals surface area contributed by atoms with Gasteiger partial charge >= 0.3 is 6.18 Å². The highest BCUT2D eigenvalue weighted by Gasteiger charge is 2.42. The Morgan fingerprint density at radius 2 is 1.91 bits per heavy atom. The van der Waals surface area contributed by atoms with Gasteiger partial charge in [-0.25, -0.2) is 9.99 Å². The van der Waals surface area contributed by atoms with Crippen LogP contribution in [0.5, 0.6) is 5.88 Å². The number of alkyl halides is 3. The van der Waals surface area contributed by atoms with Crippen molar-refractivity contribution in [2.45, 2.75) is 19.0 Å². The summed E-state index contributed by atoms with van der Waals surface area (Å²) in [5, 5.41) is 3.73. The molecule has 1 aromatic heterocycles. The molecule has 2 N–H and O–H groups in total. The molecule has 2 aliphatic rings. The second-order valence-electron chi connectivity index (χ2n) is 7.60. The van der Waals surface area contributed by atoms with Gasteiger partial charge in [-0.15, -0.1) is 0 Å². The summed E-state index contributed by atoms with van der Waals surface area (Å²) in [6.45, 7) is -1.47. The molecule has 1 aliphatic carbocycles. The Morgan fingerprint density at radius 3 is 2.61 bits per heavy atom. The number of carbonyl (C=O) groups is 3. The highest BCUT2D eigenvalue weighted by atomic mass is 19.4. The molecule has 2 aromatic rings. The standard InChI is InChI=1S/C22H19F3N4O4/c23-22(24,25)12-33-18-9-8-14(11-26-18)27-19(30)13-4-3-5-15(10-13)29-21(32)17-7-2-1-6-16(17)20(31)28-29/h1-5,8-11,16-17H,6-7,12H2,(H,27,30)(H,28,31). The molecule has 0 saturated carbocycles. The second kappa shape index (κ2) is 8.93. The fourth-order valence-electron chi connectivity index (χ4n) is 3.67. The molecule has 11 heteroatoms. The van der Waals surface area contributed by atoms with Gasteiger partial charge in [0.25, 0.3) is 5.91 Å². The zero-order valence-corrected chi connectivity index (χ0v) is 17.1. The zero-order valence-electron chi connectivity index (χ0n) is 17.1. The van der Waals surface area contributed by atoms with Crippen LogP contribution < -0.4 is 20.5 Å². The number of benzene rings is 1. The minimum atomic E-state index is -4.48. The lowest BCUT2D eigenvalue weighted by Crippen LogP contribution is -2.59. The van der Waals surface area contributed by atoms with Gasteiger partial charge in [0.1, 0.15) is 0 Å². The third-order valence-corrected chi connectivity index (χ3v) is 5.27. The number of hydrogen-bond donors (Lipinski definition) is 2. The van der Waals surface area contributed by atoms with Gasteiger partial charge in [0.15, 0.2) is 6.61 Å². The van der Waals surface area contributed by atoms with Crippen molar-refractivity contribution in [3.8, 4) is 5.88 Å². The number of pyridine rings is 1. The van der Waals surface area contributed by atoms with E-state index >= 15 is 0 Å². The maximum Gasteiger partial charge on any atom is 0.422 e. The van der Waals surface area contributed by atoms with Crippen molar-refractivity contribution in [2.24, 2.45) is 11.8 Å². The zero-order chi connectivity index (χ0) is 23.6. The van der Waals surface area contributed by atoms with Crippen LogP contribution in [0, 0.1) is 11.8 Å². The van der Waals surface area contributed by atoms with Crippen LogP contribution in [0.25, 0.3) is 0 Å². The fraction of sp³-hybridized carbons (Fsp3) is 0.273. The number of amides is 3. The van der Waals surface area contributed by atoms with Gasteiger partial charge in [0.2, 0.25) is 17.7 Å². The van der Waals surface area contributed by atoms with E-state index in [9.17, 15) is 27.6 Å². The number of carbonyl (C=O) groups excluding carboxylic acids is 3. The van der Waals surface area contributed by atoms with Gasteiger partial charge in [-0.3, -0.25) is 19.8 Å². The van der Waals surface area contributed by atoms with Crippen molar-refractivity contribution in [1.82, 2.24) is 10.4 Å². The number of nitrogens with one attached hydrogen (secondary N) is 2. The highest BCUT2D eigenvalue weighted by Crippen LogP contribution is 2.32. The predicted octanol–water partition coefficient (Wildman–Crippen LogP) is 3.24. The number of hydrogen-bond acceptors (Lipinski definition) is 5. The Balaban J connectivity index is 1.44. The molecule has 1 aromatic carbocycles. The van der Waals surface area contributed by atoms with E-state index in [2.05, 4.69) is 20.5 Å². The first-order chi connectivity index (χ1) is 15.7.